The third kappa shape index (κ3) is 5.28. The van der Waals surface area contributed by atoms with Crippen LogP contribution in [0, 0.1) is 0 Å². The fourth-order valence-corrected chi connectivity index (χ4v) is 5.08. The Morgan fingerprint density at radius 1 is 0.967 bits per heavy atom. The zero-order valence-corrected chi connectivity index (χ0v) is 18.7. The highest BCUT2D eigenvalue weighted by Crippen LogP contribution is 2.38. The summed E-state index contributed by atoms with van der Waals surface area (Å²) >= 11 is 0. The topological polar surface area (TPSA) is 61.2 Å². The number of carbonyl (C=O) groups excluding carboxylic acids is 1. The monoisotopic (exact) mass is 417 g/mol. The molecule has 2 N–H and O–H groups in total. The molecule has 2 aliphatic rings. The second-order valence-corrected chi connectivity index (χ2v) is 8.52. The molecule has 1 aromatic carbocycles. The van der Waals surface area contributed by atoms with Gasteiger partial charge in [0.25, 0.3) is 0 Å². The number of carbonyl (C=O) groups is 1. The summed E-state index contributed by atoms with van der Waals surface area (Å²) in [6.07, 6.45) is 13.7. The van der Waals surface area contributed by atoms with Gasteiger partial charge in [-0.2, -0.15) is 0 Å². The maximum Gasteiger partial charge on any atom is 0.244 e. The molecule has 3 rings (SSSR count). The van der Waals surface area contributed by atoms with Crippen LogP contribution >= 0.6 is 0 Å². The Morgan fingerprint density at radius 2 is 1.57 bits per heavy atom. The summed E-state index contributed by atoms with van der Waals surface area (Å²) in [4.78, 5) is 14.3. The van der Waals surface area contributed by atoms with E-state index < -0.39 is 0 Å². The number of hydrogen-bond donors (Lipinski definition) is 2. The van der Waals surface area contributed by atoms with Crippen molar-refractivity contribution in [3.8, 4) is 17.2 Å². The Kier molecular flexibility index (Phi) is 8.02. The van der Waals surface area contributed by atoms with Crippen LogP contribution < -0.4 is 24.4 Å². The predicted octanol–water partition coefficient (Wildman–Crippen LogP) is 2.61. The molecule has 1 aromatic rings. The molecule has 0 radical (unpaired) electrons. The van der Waals surface area contributed by atoms with E-state index in [1.54, 1.807) is 38.4 Å². The van der Waals surface area contributed by atoms with Crippen molar-refractivity contribution in [3.63, 3.8) is 0 Å². The van der Waals surface area contributed by atoms with Crippen molar-refractivity contribution >= 4 is 12.0 Å². The smallest absolute Gasteiger partial charge is 0.244 e. The summed E-state index contributed by atoms with van der Waals surface area (Å²) in [5.74, 6) is 1.65. The van der Waals surface area contributed by atoms with Crippen molar-refractivity contribution in [3.05, 3.63) is 23.8 Å². The molecule has 1 aliphatic carbocycles. The minimum atomic E-state index is -0.0508. The lowest BCUT2D eigenvalue weighted by molar-refractivity contribution is -0.957. The fraction of sp³-hybridized carbons (Fsp3) is 0.625. The van der Waals surface area contributed by atoms with Crippen LogP contribution in [0.1, 0.15) is 56.9 Å². The number of quaternary nitrogens is 1. The minimum absolute atomic E-state index is 0.0508. The second-order valence-electron chi connectivity index (χ2n) is 8.52. The third-order valence-corrected chi connectivity index (χ3v) is 6.73. The lowest BCUT2D eigenvalue weighted by Gasteiger charge is -2.45. The highest BCUT2D eigenvalue weighted by atomic mass is 16.5. The SMILES string of the molecule is COc1cc(/C=C/C(=O)NCC2([NH+]3CCCCC3)CCCCC2)cc(OC)c1OC. The number of nitrogens with one attached hydrogen (secondary N) is 2. The zero-order chi connectivity index (χ0) is 21.4. The first-order valence-corrected chi connectivity index (χ1v) is 11.2. The van der Waals surface area contributed by atoms with E-state index in [0.29, 0.717) is 17.2 Å². The first-order valence-electron chi connectivity index (χ1n) is 11.2. The molecule has 6 nitrogen and oxygen atoms in total. The van der Waals surface area contributed by atoms with E-state index in [2.05, 4.69) is 5.32 Å². The van der Waals surface area contributed by atoms with Gasteiger partial charge in [-0.1, -0.05) is 6.42 Å². The van der Waals surface area contributed by atoms with Crippen molar-refractivity contribution in [2.75, 3.05) is 41.0 Å². The quantitative estimate of drug-likeness (QED) is 0.639. The van der Waals surface area contributed by atoms with E-state index in [4.69, 9.17) is 14.2 Å². The van der Waals surface area contributed by atoms with Crippen LogP contribution in [0.5, 0.6) is 17.2 Å². The first-order chi connectivity index (χ1) is 14.6. The van der Waals surface area contributed by atoms with E-state index in [1.165, 1.54) is 64.5 Å². The van der Waals surface area contributed by atoms with Crippen LogP contribution in [0.3, 0.4) is 0 Å². The minimum Gasteiger partial charge on any atom is -0.493 e. The average molecular weight is 418 g/mol. The molecule has 166 valence electrons. The summed E-state index contributed by atoms with van der Waals surface area (Å²) in [5.41, 5.74) is 1.04. The number of ether oxygens (including phenoxy) is 3. The molecule has 2 fully saturated rings. The maximum atomic E-state index is 12.6. The Hall–Kier alpha value is -2.21. The van der Waals surface area contributed by atoms with Crippen molar-refractivity contribution in [2.24, 2.45) is 0 Å². The standard InChI is InChI=1S/C24H36N2O4/c1-28-20-16-19(17-21(29-2)23(20)30-3)10-11-22(27)25-18-24(12-6-4-7-13-24)26-14-8-5-9-15-26/h10-11,16-17H,4-9,12-15,18H2,1-3H3,(H,25,27)/p+1/b11-10+. The van der Waals surface area contributed by atoms with E-state index in [0.717, 1.165) is 12.1 Å². The molecule has 1 saturated carbocycles. The number of likely N-dealkylation sites (tertiary alicyclic amines) is 1. The van der Waals surface area contributed by atoms with Crippen molar-refractivity contribution in [2.45, 2.75) is 56.9 Å². The number of hydrogen-bond acceptors (Lipinski definition) is 4. The maximum absolute atomic E-state index is 12.6. The summed E-state index contributed by atoms with van der Waals surface area (Å²) < 4.78 is 16.1. The highest BCUT2D eigenvalue weighted by Gasteiger charge is 2.42. The number of benzene rings is 1. The van der Waals surface area contributed by atoms with E-state index in [1.807, 2.05) is 12.1 Å². The van der Waals surface area contributed by atoms with Crippen LogP contribution in [0.15, 0.2) is 18.2 Å². The lowest BCUT2D eigenvalue weighted by atomic mass is 9.79. The van der Waals surface area contributed by atoms with Gasteiger partial charge in [-0.25, -0.2) is 0 Å². The summed E-state index contributed by atoms with van der Waals surface area (Å²) in [7, 11) is 4.75. The van der Waals surface area contributed by atoms with E-state index in [-0.39, 0.29) is 11.4 Å². The summed E-state index contributed by atoms with van der Waals surface area (Å²) in [6, 6.07) is 3.68. The van der Waals surface area contributed by atoms with Crippen LogP contribution in [-0.2, 0) is 4.79 Å². The van der Waals surface area contributed by atoms with Gasteiger partial charge in [0.05, 0.1) is 41.0 Å². The Labute approximate surface area is 180 Å². The van der Waals surface area contributed by atoms with Gasteiger partial charge in [0.15, 0.2) is 11.5 Å². The zero-order valence-electron chi connectivity index (χ0n) is 18.7. The first kappa shape index (κ1) is 22.5. The number of piperidine rings is 1. The summed E-state index contributed by atoms with van der Waals surface area (Å²) in [6.45, 7) is 3.26. The largest absolute Gasteiger partial charge is 0.493 e. The molecular weight excluding hydrogens is 380 g/mol. The molecule has 1 aliphatic heterocycles. The molecule has 1 heterocycles. The van der Waals surface area contributed by atoms with Gasteiger partial charge in [0.2, 0.25) is 11.7 Å². The van der Waals surface area contributed by atoms with Gasteiger partial charge in [0.1, 0.15) is 5.54 Å². The van der Waals surface area contributed by atoms with Crippen molar-refractivity contribution in [1.29, 1.82) is 0 Å². The van der Waals surface area contributed by atoms with Gasteiger partial charge in [-0.05, 0) is 55.9 Å². The summed E-state index contributed by atoms with van der Waals surface area (Å²) in [5, 5.41) is 3.21. The Morgan fingerprint density at radius 3 is 2.13 bits per heavy atom. The predicted molar refractivity (Wildman–Crippen MR) is 119 cm³/mol. The molecule has 0 aromatic heterocycles. The number of rotatable bonds is 8. The van der Waals surface area contributed by atoms with Gasteiger partial charge >= 0.3 is 0 Å². The fourth-order valence-electron chi connectivity index (χ4n) is 5.08. The second kappa shape index (κ2) is 10.7. The molecule has 0 bridgehead atoms. The molecule has 1 amide bonds. The van der Waals surface area contributed by atoms with Gasteiger partial charge in [-0.15, -0.1) is 0 Å². The van der Waals surface area contributed by atoms with Gasteiger partial charge in [0, 0.05) is 18.9 Å². The van der Waals surface area contributed by atoms with Gasteiger partial charge in [-0.3, -0.25) is 4.79 Å². The molecule has 0 atom stereocenters. The molecule has 30 heavy (non-hydrogen) atoms. The van der Waals surface area contributed by atoms with Crippen LogP contribution in [-0.4, -0.2) is 52.4 Å². The van der Waals surface area contributed by atoms with Crippen LogP contribution in [0.4, 0.5) is 0 Å². The van der Waals surface area contributed by atoms with E-state index >= 15 is 0 Å². The van der Waals surface area contributed by atoms with Crippen LogP contribution in [0.2, 0.25) is 0 Å². The van der Waals surface area contributed by atoms with Crippen molar-refractivity contribution in [1.82, 2.24) is 5.32 Å². The number of amides is 1. The Bertz CT molecular complexity index is 710. The van der Waals surface area contributed by atoms with Crippen molar-refractivity contribution < 1.29 is 23.9 Å². The third-order valence-electron chi connectivity index (χ3n) is 6.73. The van der Waals surface area contributed by atoms with E-state index in [9.17, 15) is 4.79 Å². The molecule has 6 heteroatoms. The normalized spacial score (nSPS) is 19.4. The average Bonchev–Trinajstić information content (AvgIpc) is 2.81. The van der Waals surface area contributed by atoms with Gasteiger partial charge < -0.3 is 24.4 Å². The highest BCUT2D eigenvalue weighted by molar-refractivity contribution is 5.92. The Balaban J connectivity index is 1.66. The molecule has 1 saturated heterocycles. The molecular formula is C24H37N2O4+. The van der Waals surface area contributed by atoms with Crippen LogP contribution in [0.25, 0.3) is 6.08 Å². The lowest BCUT2D eigenvalue weighted by Crippen LogP contribution is -3.22. The molecule has 0 spiro atoms. The molecule has 0 unspecified atom stereocenters. The number of methoxy groups -OCH3 is 3.